The molecule has 56 heavy (non-hydrogen) atoms. The van der Waals surface area contributed by atoms with E-state index in [-0.39, 0.29) is 0 Å². The highest BCUT2D eigenvalue weighted by atomic mass is 16.3. The van der Waals surface area contributed by atoms with E-state index >= 15 is 0 Å². The first-order valence-corrected chi connectivity index (χ1v) is 19.9. The molecule has 0 fully saturated rings. The molecule has 12 rings (SSSR count). The molecule has 0 radical (unpaired) electrons. The molecule has 8 aromatic carbocycles. The average molecular weight is 723 g/mol. The lowest BCUT2D eigenvalue weighted by Gasteiger charge is -2.26. The maximum Gasteiger partial charge on any atom is 0.139 e. The molecule has 2 aliphatic rings. The minimum atomic E-state index is 0.944. The van der Waals surface area contributed by atoms with E-state index in [0.29, 0.717) is 0 Å². The monoisotopic (exact) mass is 722 g/mol. The van der Waals surface area contributed by atoms with Crippen molar-refractivity contribution < 1.29 is 8.83 Å². The molecule has 0 atom stereocenters. The van der Waals surface area contributed by atoms with Crippen LogP contribution in [0.1, 0.15) is 35.1 Å². The van der Waals surface area contributed by atoms with Crippen LogP contribution in [-0.2, 0) is 25.7 Å². The smallest absolute Gasteiger partial charge is 0.139 e. The van der Waals surface area contributed by atoms with E-state index in [1.807, 2.05) is 0 Å². The Kier molecular flexibility index (Phi) is 6.97. The molecule has 10 aromatic rings. The lowest BCUT2D eigenvalue weighted by Crippen LogP contribution is -2.10. The molecule has 4 heteroatoms. The summed E-state index contributed by atoms with van der Waals surface area (Å²) in [5.74, 6) is 0. The van der Waals surface area contributed by atoms with Gasteiger partial charge >= 0.3 is 0 Å². The predicted molar refractivity (Wildman–Crippen MR) is 232 cm³/mol. The van der Waals surface area contributed by atoms with Crippen molar-refractivity contribution in [3.05, 3.63) is 180 Å². The molecule has 2 aliphatic carbocycles. The quantitative estimate of drug-likeness (QED) is 0.171. The summed E-state index contributed by atoms with van der Waals surface area (Å²) >= 11 is 0. The van der Waals surface area contributed by atoms with Gasteiger partial charge in [-0.1, -0.05) is 72.8 Å². The second-order valence-electron chi connectivity index (χ2n) is 15.4. The van der Waals surface area contributed by atoms with E-state index in [4.69, 9.17) is 8.83 Å². The Bertz CT molecular complexity index is 2840. The van der Waals surface area contributed by atoms with E-state index in [9.17, 15) is 0 Å². The normalized spacial score (nSPS) is 13.6. The Hall–Kier alpha value is -6.78. The van der Waals surface area contributed by atoms with Gasteiger partial charge in [-0.15, -0.1) is 0 Å². The van der Waals surface area contributed by atoms with Crippen LogP contribution < -0.4 is 9.80 Å². The first-order valence-electron chi connectivity index (χ1n) is 19.9. The third-order valence-corrected chi connectivity index (χ3v) is 12.2. The summed E-state index contributed by atoms with van der Waals surface area (Å²) in [5.41, 5.74) is 16.3. The van der Waals surface area contributed by atoms with Crippen LogP contribution in [0.2, 0.25) is 0 Å². The second kappa shape index (κ2) is 12.4. The van der Waals surface area contributed by atoms with Crippen molar-refractivity contribution in [2.24, 2.45) is 0 Å². The molecule has 2 heterocycles. The summed E-state index contributed by atoms with van der Waals surface area (Å²) in [7, 11) is 0. The van der Waals surface area contributed by atoms with Crippen molar-refractivity contribution in [1.82, 2.24) is 0 Å². The van der Waals surface area contributed by atoms with Crippen molar-refractivity contribution in [3.63, 3.8) is 0 Å². The summed E-state index contributed by atoms with van der Waals surface area (Å²) in [6.45, 7) is 0. The molecule has 0 spiro atoms. The van der Waals surface area contributed by atoms with Crippen LogP contribution in [0.4, 0.5) is 34.1 Å². The number of aryl methyl sites for hydroxylation is 4. The van der Waals surface area contributed by atoms with Gasteiger partial charge in [-0.3, -0.25) is 0 Å². The number of hydrogen-bond donors (Lipinski definition) is 0. The topological polar surface area (TPSA) is 32.8 Å². The maximum absolute atomic E-state index is 7.09. The molecule has 0 saturated carbocycles. The molecule has 0 unspecified atom stereocenters. The summed E-state index contributed by atoms with van der Waals surface area (Å²) in [6, 6.07) is 56.1. The molecular formula is C52H38N2O2. The zero-order chi connectivity index (χ0) is 36.7. The van der Waals surface area contributed by atoms with E-state index < -0.39 is 0 Å². The molecule has 0 N–H and O–H groups in total. The lowest BCUT2D eigenvalue weighted by atomic mass is 9.77. The summed E-state index contributed by atoms with van der Waals surface area (Å²) in [5, 5.41) is 7.86. The van der Waals surface area contributed by atoms with Crippen molar-refractivity contribution in [3.8, 4) is 0 Å². The van der Waals surface area contributed by atoms with Gasteiger partial charge in [0, 0.05) is 78.9 Å². The highest BCUT2D eigenvalue weighted by Crippen LogP contribution is 2.52. The Morgan fingerprint density at radius 2 is 0.661 bits per heavy atom. The van der Waals surface area contributed by atoms with E-state index in [1.165, 1.54) is 54.6 Å². The van der Waals surface area contributed by atoms with Crippen molar-refractivity contribution in [2.45, 2.75) is 38.5 Å². The van der Waals surface area contributed by atoms with Crippen LogP contribution in [0.15, 0.2) is 167 Å². The number of nitrogens with zero attached hydrogens (tertiary/aromatic N) is 2. The SMILES string of the molecule is c1ccc(N(c2ccccc2)c2ccc3c(c2)oc2c4c5c(c6c(oc7cc(N(c8ccccc8)c8ccccc8)ccc76)c6c5c(c23)CCC6)CCC4)cc1. The number of furan rings is 2. The lowest BCUT2D eigenvalue weighted by molar-refractivity contribution is 0.653. The molecule has 0 bridgehead atoms. The summed E-state index contributed by atoms with van der Waals surface area (Å²) in [6.07, 6.45) is 6.28. The van der Waals surface area contributed by atoms with Crippen LogP contribution in [0.3, 0.4) is 0 Å². The number of benzene rings is 8. The van der Waals surface area contributed by atoms with Gasteiger partial charge in [0.25, 0.3) is 0 Å². The Labute approximate surface area is 324 Å². The molecule has 0 amide bonds. The first kappa shape index (κ1) is 31.6. The summed E-state index contributed by atoms with van der Waals surface area (Å²) < 4.78 is 14.2. The number of rotatable bonds is 6. The predicted octanol–water partition coefficient (Wildman–Crippen LogP) is 14.6. The Balaban J connectivity index is 1.08. The zero-order valence-corrected chi connectivity index (χ0v) is 31.0. The Morgan fingerprint density at radius 1 is 0.321 bits per heavy atom. The standard InChI is InChI=1S/C52H38N2O2/c1-5-15-33(16-6-1)53(34-17-7-2-8-18-34)37-27-29-39-45(31-37)55-51-43-25-14-24-42-48(43)47-41(49(39)51)23-13-26-44(47)52-50(42)40-30-28-38(32-46(40)56-52)54(35-19-9-3-10-20-35)36-21-11-4-12-22-36/h1-12,15-22,27-32H,13-14,23-26H2. The highest BCUT2D eigenvalue weighted by Gasteiger charge is 2.32. The largest absolute Gasteiger partial charge is 0.456 e. The van der Waals surface area contributed by atoms with Gasteiger partial charge in [-0.2, -0.15) is 0 Å². The number of hydrogen-bond acceptors (Lipinski definition) is 4. The molecule has 268 valence electrons. The van der Waals surface area contributed by atoms with Gasteiger partial charge in [-0.05, 0) is 133 Å². The average Bonchev–Trinajstić information content (AvgIpc) is 3.84. The van der Waals surface area contributed by atoms with Crippen LogP contribution in [0.25, 0.3) is 54.6 Å². The van der Waals surface area contributed by atoms with E-state index in [1.54, 1.807) is 0 Å². The van der Waals surface area contributed by atoms with Gasteiger partial charge in [0.15, 0.2) is 0 Å². The van der Waals surface area contributed by atoms with Gasteiger partial charge in [0.05, 0.1) is 0 Å². The van der Waals surface area contributed by atoms with E-state index in [0.717, 1.165) is 95.0 Å². The van der Waals surface area contributed by atoms with Crippen LogP contribution in [0.5, 0.6) is 0 Å². The van der Waals surface area contributed by atoms with E-state index in [2.05, 4.69) is 168 Å². The van der Waals surface area contributed by atoms with Crippen molar-refractivity contribution >= 4 is 88.8 Å². The van der Waals surface area contributed by atoms with Crippen molar-refractivity contribution in [2.75, 3.05) is 9.80 Å². The Morgan fingerprint density at radius 3 is 1.02 bits per heavy atom. The van der Waals surface area contributed by atoms with Crippen LogP contribution in [0, 0.1) is 0 Å². The maximum atomic E-state index is 7.09. The van der Waals surface area contributed by atoms with Crippen LogP contribution in [-0.4, -0.2) is 0 Å². The fourth-order valence-corrected chi connectivity index (χ4v) is 9.98. The van der Waals surface area contributed by atoms with Crippen LogP contribution >= 0.6 is 0 Å². The van der Waals surface area contributed by atoms with Gasteiger partial charge in [-0.25, -0.2) is 0 Å². The first-order chi connectivity index (χ1) is 27.8. The fraction of sp³-hybridized carbons (Fsp3) is 0.115. The molecular weight excluding hydrogens is 685 g/mol. The third-order valence-electron chi connectivity index (χ3n) is 12.2. The summed E-state index contributed by atoms with van der Waals surface area (Å²) in [4.78, 5) is 4.63. The molecule has 0 aliphatic heterocycles. The number of para-hydroxylation sites is 4. The van der Waals surface area contributed by atoms with Gasteiger partial charge in [0.2, 0.25) is 0 Å². The van der Waals surface area contributed by atoms with Crippen molar-refractivity contribution in [1.29, 1.82) is 0 Å². The minimum absolute atomic E-state index is 0.944. The third kappa shape index (κ3) is 4.65. The fourth-order valence-electron chi connectivity index (χ4n) is 9.98. The highest BCUT2D eigenvalue weighted by molar-refractivity contribution is 6.23. The van der Waals surface area contributed by atoms with Gasteiger partial charge < -0.3 is 18.6 Å². The molecule has 4 nitrogen and oxygen atoms in total. The second-order valence-corrected chi connectivity index (χ2v) is 15.4. The zero-order valence-electron chi connectivity index (χ0n) is 31.0. The minimum Gasteiger partial charge on any atom is -0.456 e. The van der Waals surface area contributed by atoms with Gasteiger partial charge in [0.1, 0.15) is 22.3 Å². The number of anilines is 6. The number of fused-ring (bicyclic) bond motifs is 10. The molecule has 2 aromatic heterocycles. The molecule has 0 saturated heterocycles.